The van der Waals surface area contributed by atoms with Crippen molar-refractivity contribution in [1.29, 1.82) is 0 Å². The highest BCUT2D eigenvalue weighted by atomic mass is 32.2. The van der Waals surface area contributed by atoms with Gasteiger partial charge in [-0.15, -0.1) is 0 Å². The molecule has 0 aliphatic carbocycles. The maximum Gasteiger partial charge on any atom is 0.257 e. The monoisotopic (exact) mass is 483 g/mol. The Labute approximate surface area is 199 Å². The number of anilines is 1. The number of hydrogen-bond donors (Lipinski definition) is 1. The standard InChI is InChI=1S/C25H29N3O5S/c1-25-15-14-23(30)28(25)21-12-6-5-11-20(21)24(31)27(25)17-7-13-22(29)26-16-8-18-34(32,33)19-9-3-2-4-10-19/h2-6,9-12H,7-8,13-18H2,1H3,(H,26,29). The van der Waals surface area contributed by atoms with Gasteiger partial charge in [0, 0.05) is 25.9 Å². The lowest BCUT2D eigenvalue weighted by atomic mass is 9.98. The van der Waals surface area contributed by atoms with E-state index in [1.807, 2.05) is 13.0 Å². The van der Waals surface area contributed by atoms with E-state index < -0.39 is 15.5 Å². The summed E-state index contributed by atoms with van der Waals surface area (Å²) in [6.45, 7) is 2.52. The number of hydrogen-bond acceptors (Lipinski definition) is 5. The summed E-state index contributed by atoms with van der Waals surface area (Å²) in [5.74, 6) is -0.362. The maximum atomic E-state index is 13.2. The Balaban J connectivity index is 1.28. The fraction of sp³-hybridized carbons (Fsp3) is 0.400. The lowest BCUT2D eigenvalue weighted by Crippen LogP contribution is -2.62. The van der Waals surface area contributed by atoms with Gasteiger partial charge in [0.2, 0.25) is 11.8 Å². The molecule has 8 nitrogen and oxygen atoms in total. The minimum atomic E-state index is -3.37. The molecular weight excluding hydrogens is 454 g/mol. The quantitative estimate of drug-likeness (QED) is 0.553. The summed E-state index contributed by atoms with van der Waals surface area (Å²) in [5, 5.41) is 2.76. The molecule has 2 aromatic rings. The van der Waals surface area contributed by atoms with Crippen molar-refractivity contribution in [2.45, 2.75) is 49.6 Å². The van der Waals surface area contributed by atoms with Crippen LogP contribution in [-0.4, -0.2) is 55.5 Å². The second-order valence-corrected chi connectivity index (χ2v) is 11.0. The molecule has 0 saturated carbocycles. The van der Waals surface area contributed by atoms with Crippen LogP contribution < -0.4 is 10.2 Å². The first-order chi connectivity index (χ1) is 16.2. The van der Waals surface area contributed by atoms with Crippen LogP contribution in [0.1, 0.15) is 49.4 Å². The van der Waals surface area contributed by atoms with Gasteiger partial charge < -0.3 is 10.2 Å². The number of nitrogens with one attached hydrogen (secondary N) is 1. The normalized spacial score (nSPS) is 19.7. The zero-order chi connectivity index (χ0) is 24.3. The van der Waals surface area contributed by atoms with Crippen LogP contribution in [0.4, 0.5) is 5.69 Å². The maximum absolute atomic E-state index is 13.2. The van der Waals surface area contributed by atoms with Crippen molar-refractivity contribution < 1.29 is 22.8 Å². The Morgan fingerprint density at radius 1 is 1.03 bits per heavy atom. The number of carbonyl (C=O) groups excluding carboxylic acids is 3. The van der Waals surface area contributed by atoms with Crippen LogP contribution in [0.5, 0.6) is 0 Å². The number of para-hydroxylation sites is 1. The van der Waals surface area contributed by atoms with E-state index in [1.165, 1.54) is 0 Å². The number of fused-ring (bicyclic) bond motifs is 3. The third-order valence-electron chi connectivity index (χ3n) is 6.55. The molecule has 2 aliphatic rings. The second-order valence-electron chi connectivity index (χ2n) is 8.86. The minimum Gasteiger partial charge on any atom is -0.356 e. The molecule has 0 radical (unpaired) electrons. The molecule has 1 unspecified atom stereocenters. The molecule has 2 aliphatic heterocycles. The third-order valence-corrected chi connectivity index (χ3v) is 8.36. The molecule has 4 rings (SSSR count). The number of carbonyl (C=O) groups is 3. The summed E-state index contributed by atoms with van der Waals surface area (Å²) in [5.41, 5.74) is 0.418. The first-order valence-electron chi connectivity index (χ1n) is 11.5. The van der Waals surface area contributed by atoms with Gasteiger partial charge in [0.25, 0.3) is 5.91 Å². The number of rotatable bonds is 9. The lowest BCUT2D eigenvalue weighted by molar-refractivity contribution is -0.121. The molecule has 0 bridgehead atoms. The van der Waals surface area contributed by atoms with Crippen LogP contribution in [0.3, 0.4) is 0 Å². The van der Waals surface area contributed by atoms with Crippen LogP contribution in [0.2, 0.25) is 0 Å². The van der Waals surface area contributed by atoms with Gasteiger partial charge in [-0.3, -0.25) is 19.3 Å². The van der Waals surface area contributed by atoms with Gasteiger partial charge in [0.05, 0.1) is 21.9 Å². The van der Waals surface area contributed by atoms with Gasteiger partial charge >= 0.3 is 0 Å². The summed E-state index contributed by atoms with van der Waals surface area (Å²) < 4.78 is 24.6. The van der Waals surface area contributed by atoms with Gasteiger partial charge in [-0.1, -0.05) is 30.3 Å². The fourth-order valence-electron chi connectivity index (χ4n) is 4.76. The van der Waals surface area contributed by atoms with Crippen LogP contribution in [0, 0.1) is 0 Å². The molecule has 1 saturated heterocycles. The van der Waals surface area contributed by atoms with Gasteiger partial charge in [-0.25, -0.2) is 8.42 Å². The largest absolute Gasteiger partial charge is 0.356 e. The number of nitrogens with zero attached hydrogens (tertiary/aromatic N) is 2. The zero-order valence-corrected chi connectivity index (χ0v) is 20.0. The smallest absolute Gasteiger partial charge is 0.257 e. The molecule has 1 N–H and O–H groups in total. The highest BCUT2D eigenvalue weighted by molar-refractivity contribution is 7.91. The Morgan fingerprint density at radius 3 is 2.50 bits per heavy atom. The zero-order valence-electron chi connectivity index (χ0n) is 19.2. The summed E-state index contributed by atoms with van der Waals surface area (Å²) in [6.07, 6.45) is 1.90. The number of amides is 3. The lowest BCUT2D eigenvalue weighted by Gasteiger charge is -2.48. The topological polar surface area (TPSA) is 104 Å². The van der Waals surface area contributed by atoms with Crippen molar-refractivity contribution in [2.24, 2.45) is 0 Å². The average Bonchev–Trinajstić information content (AvgIpc) is 3.14. The van der Waals surface area contributed by atoms with Crippen LogP contribution in [-0.2, 0) is 19.4 Å². The molecule has 2 heterocycles. The molecule has 2 aromatic carbocycles. The van der Waals surface area contributed by atoms with Crippen LogP contribution in [0.25, 0.3) is 0 Å². The summed E-state index contributed by atoms with van der Waals surface area (Å²) in [4.78, 5) is 41.8. The van der Waals surface area contributed by atoms with Crippen LogP contribution >= 0.6 is 0 Å². The summed E-state index contributed by atoms with van der Waals surface area (Å²) in [6, 6.07) is 15.4. The Bertz CT molecular complexity index is 1200. The van der Waals surface area contributed by atoms with Crippen molar-refractivity contribution in [3.05, 3.63) is 60.2 Å². The minimum absolute atomic E-state index is 0.00403. The highest BCUT2D eigenvalue weighted by Gasteiger charge is 2.52. The third kappa shape index (κ3) is 4.57. The molecule has 1 fully saturated rings. The summed E-state index contributed by atoms with van der Waals surface area (Å²) >= 11 is 0. The van der Waals surface area contributed by atoms with E-state index in [9.17, 15) is 22.8 Å². The highest BCUT2D eigenvalue weighted by Crippen LogP contribution is 2.43. The van der Waals surface area contributed by atoms with Gasteiger partial charge in [-0.05, 0) is 50.5 Å². The fourth-order valence-corrected chi connectivity index (χ4v) is 6.10. The summed E-state index contributed by atoms with van der Waals surface area (Å²) in [7, 11) is -3.37. The van der Waals surface area contributed by atoms with E-state index >= 15 is 0 Å². The molecule has 0 aromatic heterocycles. The predicted molar refractivity (Wildman–Crippen MR) is 128 cm³/mol. The predicted octanol–water partition coefficient (Wildman–Crippen LogP) is 2.75. The molecular formula is C25H29N3O5S. The molecule has 180 valence electrons. The van der Waals surface area contributed by atoms with Crippen molar-refractivity contribution in [1.82, 2.24) is 10.2 Å². The van der Waals surface area contributed by atoms with E-state index in [4.69, 9.17) is 0 Å². The Morgan fingerprint density at radius 2 is 1.74 bits per heavy atom. The van der Waals surface area contributed by atoms with E-state index in [2.05, 4.69) is 5.32 Å². The second kappa shape index (κ2) is 9.58. The first-order valence-corrected chi connectivity index (χ1v) is 13.2. The molecule has 1 atom stereocenters. The van der Waals surface area contributed by atoms with Crippen molar-refractivity contribution in [3.8, 4) is 0 Å². The SMILES string of the molecule is CC12CCC(=O)N1c1ccccc1C(=O)N2CCCC(=O)NCCCS(=O)(=O)c1ccccc1. The molecule has 3 amide bonds. The van der Waals surface area contributed by atoms with Gasteiger partial charge in [-0.2, -0.15) is 0 Å². The molecule has 0 spiro atoms. The molecule has 9 heteroatoms. The Hall–Kier alpha value is -3.20. The van der Waals surface area contributed by atoms with Gasteiger partial charge in [0.15, 0.2) is 9.84 Å². The van der Waals surface area contributed by atoms with Gasteiger partial charge in [0.1, 0.15) is 5.66 Å². The van der Waals surface area contributed by atoms with E-state index in [0.29, 0.717) is 43.5 Å². The average molecular weight is 484 g/mol. The molecule has 34 heavy (non-hydrogen) atoms. The number of benzene rings is 2. The van der Waals surface area contributed by atoms with E-state index in [-0.39, 0.29) is 41.3 Å². The van der Waals surface area contributed by atoms with Crippen LogP contribution in [0.15, 0.2) is 59.5 Å². The number of sulfone groups is 1. The van der Waals surface area contributed by atoms with E-state index in [1.54, 1.807) is 58.3 Å². The van der Waals surface area contributed by atoms with Crippen molar-refractivity contribution in [2.75, 3.05) is 23.7 Å². The van der Waals surface area contributed by atoms with E-state index in [0.717, 1.165) is 0 Å². The van der Waals surface area contributed by atoms with Crippen molar-refractivity contribution in [3.63, 3.8) is 0 Å². The van der Waals surface area contributed by atoms with Crippen molar-refractivity contribution >= 4 is 33.2 Å². The Kier molecular flexibility index (Phi) is 6.74. The first kappa shape index (κ1) is 23.9.